The topological polar surface area (TPSA) is 3.24 Å². The van der Waals surface area contributed by atoms with E-state index in [4.69, 9.17) is 0 Å². The minimum absolute atomic E-state index is 0.0457. The Morgan fingerprint density at radius 3 is 2.56 bits per heavy atom. The van der Waals surface area contributed by atoms with Crippen LogP contribution in [0.25, 0.3) is 0 Å². The number of hydrogen-bond acceptors (Lipinski definition) is 1. The largest absolute Gasteiger partial charge is 0.300 e. The molecular weight excluding hydrogens is 225 g/mol. The maximum Gasteiger partial charge on any atom is 0.126 e. The van der Waals surface area contributed by atoms with Crippen LogP contribution in [0.2, 0.25) is 0 Å². The van der Waals surface area contributed by atoms with E-state index in [1.165, 1.54) is 45.2 Å². The van der Waals surface area contributed by atoms with E-state index in [9.17, 15) is 4.39 Å². The lowest BCUT2D eigenvalue weighted by atomic mass is 9.98. The fourth-order valence-electron chi connectivity index (χ4n) is 2.95. The van der Waals surface area contributed by atoms with Gasteiger partial charge in [-0.3, -0.25) is 0 Å². The Bertz CT molecular complexity index is 358. The molecule has 0 aromatic heterocycles. The van der Waals surface area contributed by atoms with Gasteiger partial charge in [0.2, 0.25) is 0 Å². The minimum atomic E-state index is -0.0457. The van der Waals surface area contributed by atoms with Crippen molar-refractivity contribution in [2.45, 2.75) is 51.5 Å². The summed E-state index contributed by atoms with van der Waals surface area (Å²) < 4.78 is 13.7. The van der Waals surface area contributed by atoms with Gasteiger partial charge in [-0.15, -0.1) is 0 Å². The molecular formula is C16H24FN. The number of likely N-dealkylation sites (tertiary alicyclic amines) is 1. The van der Waals surface area contributed by atoms with Crippen molar-refractivity contribution in [2.75, 3.05) is 13.1 Å². The van der Waals surface area contributed by atoms with Crippen LogP contribution in [0.3, 0.4) is 0 Å². The normalized spacial score (nSPS) is 18.8. The second kappa shape index (κ2) is 6.89. The summed E-state index contributed by atoms with van der Waals surface area (Å²) in [6, 6.07) is 7.75. The highest BCUT2D eigenvalue weighted by atomic mass is 19.1. The molecule has 1 aliphatic rings. The van der Waals surface area contributed by atoms with E-state index in [1.807, 2.05) is 12.1 Å². The number of rotatable bonds is 5. The molecule has 1 atom stereocenters. The molecule has 1 fully saturated rings. The highest BCUT2D eigenvalue weighted by molar-refractivity contribution is 5.18. The van der Waals surface area contributed by atoms with Gasteiger partial charge in [-0.2, -0.15) is 0 Å². The van der Waals surface area contributed by atoms with Crippen molar-refractivity contribution in [1.29, 1.82) is 0 Å². The summed E-state index contributed by atoms with van der Waals surface area (Å²) in [7, 11) is 0. The zero-order valence-corrected chi connectivity index (χ0v) is 11.4. The summed E-state index contributed by atoms with van der Waals surface area (Å²) in [5, 5.41) is 0. The van der Waals surface area contributed by atoms with E-state index < -0.39 is 0 Å². The molecule has 1 nitrogen and oxygen atoms in total. The Balaban J connectivity index is 2.03. The first-order valence-electron chi connectivity index (χ1n) is 7.28. The number of halogens is 1. The molecule has 0 amide bonds. The number of benzene rings is 1. The summed E-state index contributed by atoms with van der Waals surface area (Å²) in [6.07, 6.45) is 7.18. The van der Waals surface area contributed by atoms with Crippen LogP contribution in [0.1, 0.15) is 44.6 Å². The highest BCUT2D eigenvalue weighted by Crippen LogP contribution is 2.20. The first kappa shape index (κ1) is 13.5. The van der Waals surface area contributed by atoms with E-state index in [0.717, 1.165) is 12.0 Å². The molecule has 1 heterocycles. The quantitative estimate of drug-likeness (QED) is 0.761. The van der Waals surface area contributed by atoms with E-state index in [0.29, 0.717) is 6.04 Å². The van der Waals surface area contributed by atoms with Gasteiger partial charge in [-0.05, 0) is 50.4 Å². The van der Waals surface area contributed by atoms with Gasteiger partial charge in [0, 0.05) is 6.04 Å². The Labute approximate surface area is 110 Å². The monoisotopic (exact) mass is 249 g/mol. The van der Waals surface area contributed by atoms with Gasteiger partial charge < -0.3 is 4.90 Å². The molecule has 100 valence electrons. The summed E-state index contributed by atoms with van der Waals surface area (Å²) in [5.41, 5.74) is 0.876. The average Bonchev–Trinajstić information content (AvgIpc) is 2.42. The van der Waals surface area contributed by atoms with E-state index in [1.54, 1.807) is 12.1 Å². The fourth-order valence-corrected chi connectivity index (χ4v) is 2.95. The molecule has 0 radical (unpaired) electrons. The lowest BCUT2D eigenvalue weighted by molar-refractivity contribution is 0.152. The standard InChI is InChI=1S/C16H24FN/c1-2-8-15(18-11-6-3-7-12-18)13-14-9-4-5-10-16(14)17/h4-5,9-10,15H,2-3,6-8,11-13H2,1H3. The smallest absolute Gasteiger partial charge is 0.126 e. The Morgan fingerprint density at radius 2 is 1.89 bits per heavy atom. The zero-order valence-electron chi connectivity index (χ0n) is 11.4. The summed E-state index contributed by atoms with van der Waals surface area (Å²) in [4.78, 5) is 2.57. The molecule has 1 unspecified atom stereocenters. The van der Waals surface area contributed by atoms with Crippen molar-refractivity contribution in [1.82, 2.24) is 4.90 Å². The predicted molar refractivity (Wildman–Crippen MR) is 74.2 cm³/mol. The first-order valence-corrected chi connectivity index (χ1v) is 7.28. The van der Waals surface area contributed by atoms with Gasteiger partial charge in [0.05, 0.1) is 0 Å². The molecule has 0 saturated carbocycles. The van der Waals surface area contributed by atoms with E-state index in [-0.39, 0.29) is 5.82 Å². The molecule has 2 rings (SSSR count). The first-order chi connectivity index (χ1) is 8.81. The second-order valence-electron chi connectivity index (χ2n) is 5.33. The van der Waals surface area contributed by atoms with Gasteiger partial charge in [-0.1, -0.05) is 38.0 Å². The molecule has 1 aromatic rings. The fraction of sp³-hybridized carbons (Fsp3) is 0.625. The van der Waals surface area contributed by atoms with Crippen LogP contribution in [0, 0.1) is 5.82 Å². The Morgan fingerprint density at radius 1 is 1.17 bits per heavy atom. The third-order valence-electron chi connectivity index (χ3n) is 3.94. The third kappa shape index (κ3) is 3.55. The maximum absolute atomic E-state index is 13.7. The molecule has 0 aliphatic carbocycles. The van der Waals surface area contributed by atoms with E-state index >= 15 is 0 Å². The molecule has 18 heavy (non-hydrogen) atoms. The Hall–Kier alpha value is -0.890. The van der Waals surface area contributed by atoms with Crippen molar-refractivity contribution >= 4 is 0 Å². The van der Waals surface area contributed by atoms with Gasteiger partial charge in [0.25, 0.3) is 0 Å². The summed E-state index contributed by atoms with van der Waals surface area (Å²) in [5.74, 6) is -0.0457. The van der Waals surface area contributed by atoms with Crippen LogP contribution in [-0.2, 0) is 6.42 Å². The SMILES string of the molecule is CCCC(Cc1ccccc1F)N1CCCCC1. The lowest BCUT2D eigenvalue weighted by Crippen LogP contribution is -2.40. The molecule has 0 N–H and O–H groups in total. The van der Waals surface area contributed by atoms with Crippen molar-refractivity contribution in [3.63, 3.8) is 0 Å². The number of hydrogen-bond donors (Lipinski definition) is 0. The van der Waals surface area contributed by atoms with Crippen molar-refractivity contribution in [3.05, 3.63) is 35.6 Å². The number of piperidine rings is 1. The summed E-state index contributed by atoms with van der Waals surface area (Å²) >= 11 is 0. The molecule has 1 aliphatic heterocycles. The maximum atomic E-state index is 13.7. The second-order valence-corrected chi connectivity index (χ2v) is 5.33. The van der Waals surface area contributed by atoms with Gasteiger partial charge >= 0.3 is 0 Å². The van der Waals surface area contributed by atoms with Gasteiger partial charge in [-0.25, -0.2) is 4.39 Å². The number of nitrogens with zero attached hydrogens (tertiary/aromatic N) is 1. The molecule has 1 saturated heterocycles. The van der Waals surface area contributed by atoms with Crippen LogP contribution in [-0.4, -0.2) is 24.0 Å². The predicted octanol–water partition coefficient (Wildman–Crippen LogP) is 4.02. The average molecular weight is 249 g/mol. The van der Waals surface area contributed by atoms with Gasteiger partial charge in [0.15, 0.2) is 0 Å². The lowest BCUT2D eigenvalue weighted by Gasteiger charge is -2.34. The van der Waals surface area contributed by atoms with Gasteiger partial charge in [0.1, 0.15) is 5.82 Å². The Kier molecular flexibility index (Phi) is 5.18. The zero-order chi connectivity index (χ0) is 12.8. The van der Waals surface area contributed by atoms with Crippen LogP contribution in [0.15, 0.2) is 24.3 Å². The highest BCUT2D eigenvalue weighted by Gasteiger charge is 2.21. The van der Waals surface area contributed by atoms with E-state index in [2.05, 4.69) is 11.8 Å². The minimum Gasteiger partial charge on any atom is -0.300 e. The molecule has 2 heteroatoms. The van der Waals surface area contributed by atoms with Crippen LogP contribution in [0.4, 0.5) is 4.39 Å². The molecule has 0 bridgehead atoms. The van der Waals surface area contributed by atoms with Crippen molar-refractivity contribution < 1.29 is 4.39 Å². The van der Waals surface area contributed by atoms with Crippen LogP contribution >= 0.6 is 0 Å². The van der Waals surface area contributed by atoms with Crippen LogP contribution in [0.5, 0.6) is 0 Å². The van der Waals surface area contributed by atoms with Crippen LogP contribution < -0.4 is 0 Å². The van der Waals surface area contributed by atoms with Crippen molar-refractivity contribution in [2.24, 2.45) is 0 Å². The summed E-state index contributed by atoms with van der Waals surface area (Å²) in [6.45, 7) is 4.61. The van der Waals surface area contributed by atoms with Crippen molar-refractivity contribution in [3.8, 4) is 0 Å². The molecule has 0 spiro atoms. The molecule has 1 aromatic carbocycles. The third-order valence-corrected chi connectivity index (χ3v) is 3.94.